The van der Waals surface area contributed by atoms with Crippen molar-refractivity contribution in [3.05, 3.63) is 41.2 Å². The van der Waals surface area contributed by atoms with Gasteiger partial charge in [-0.15, -0.1) is 0 Å². The van der Waals surface area contributed by atoms with Crippen molar-refractivity contribution >= 4 is 15.8 Å². The van der Waals surface area contributed by atoms with Crippen molar-refractivity contribution in [2.24, 2.45) is 17.3 Å². The molecule has 1 aromatic rings. The fourth-order valence-corrected chi connectivity index (χ4v) is 6.49. The van der Waals surface area contributed by atoms with Gasteiger partial charge in [-0.25, -0.2) is 8.42 Å². The Labute approximate surface area is 167 Å². The zero-order valence-electron chi connectivity index (χ0n) is 17.3. The lowest BCUT2D eigenvalue weighted by Crippen LogP contribution is -2.47. The maximum atomic E-state index is 13.2. The third-order valence-corrected chi connectivity index (χ3v) is 8.32. The van der Waals surface area contributed by atoms with Gasteiger partial charge in [0.2, 0.25) is 10.0 Å². The van der Waals surface area contributed by atoms with E-state index in [1.165, 1.54) is 0 Å². The monoisotopic (exact) mass is 403 g/mol. The standard InChI is InChI=1S/C22H29NO4S/c1-14-6-8-15(9-7-14)28(25,26)23-12-16-17(13-23)22(4,5)27-19-11-21(2,3)10-18(24)20(16)19/h6-9,16-17H,10-13H2,1-5H3/t16-,17-/m0/s1. The highest BCUT2D eigenvalue weighted by atomic mass is 32.2. The van der Waals surface area contributed by atoms with E-state index >= 15 is 0 Å². The predicted octanol–water partition coefficient (Wildman–Crippen LogP) is 3.68. The Morgan fingerprint density at radius 1 is 1.04 bits per heavy atom. The molecule has 4 rings (SSSR count). The molecular formula is C22H29NO4S. The Bertz CT molecular complexity index is 957. The molecule has 1 aromatic carbocycles. The number of hydrogen-bond donors (Lipinski definition) is 0. The van der Waals surface area contributed by atoms with E-state index in [1.807, 2.05) is 32.9 Å². The highest BCUT2D eigenvalue weighted by Gasteiger charge is 2.55. The van der Waals surface area contributed by atoms with Gasteiger partial charge in [0.25, 0.3) is 0 Å². The number of sulfonamides is 1. The van der Waals surface area contributed by atoms with Crippen molar-refractivity contribution in [2.75, 3.05) is 13.1 Å². The second-order valence-corrected chi connectivity index (χ2v) is 11.8. The molecule has 0 aromatic heterocycles. The van der Waals surface area contributed by atoms with Crippen LogP contribution in [0, 0.1) is 24.2 Å². The molecule has 0 unspecified atom stereocenters. The summed E-state index contributed by atoms with van der Waals surface area (Å²) >= 11 is 0. The van der Waals surface area contributed by atoms with E-state index in [2.05, 4.69) is 13.8 Å². The number of ketones is 1. The number of carbonyl (C=O) groups excluding carboxylic acids is 1. The molecule has 2 aliphatic heterocycles. The zero-order valence-corrected chi connectivity index (χ0v) is 18.1. The molecule has 3 aliphatic rings. The van der Waals surface area contributed by atoms with Crippen LogP contribution in [0.4, 0.5) is 0 Å². The molecule has 0 saturated carbocycles. The Hall–Kier alpha value is -1.66. The molecule has 1 saturated heterocycles. The molecule has 152 valence electrons. The van der Waals surface area contributed by atoms with Crippen molar-refractivity contribution in [3.63, 3.8) is 0 Å². The summed E-state index contributed by atoms with van der Waals surface area (Å²) in [6, 6.07) is 6.95. The molecule has 0 bridgehead atoms. The van der Waals surface area contributed by atoms with Crippen LogP contribution in [0.15, 0.2) is 40.5 Å². The van der Waals surface area contributed by atoms with Crippen molar-refractivity contribution in [1.82, 2.24) is 4.31 Å². The first-order chi connectivity index (χ1) is 12.9. The van der Waals surface area contributed by atoms with Gasteiger partial charge >= 0.3 is 0 Å². The molecule has 5 nitrogen and oxygen atoms in total. The Morgan fingerprint density at radius 3 is 2.32 bits per heavy atom. The third-order valence-electron chi connectivity index (χ3n) is 6.47. The molecule has 2 atom stereocenters. The largest absolute Gasteiger partial charge is 0.491 e. The number of rotatable bonds is 2. The smallest absolute Gasteiger partial charge is 0.243 e. The minimum Gasteiger partial charge on any atom is -0.491 e. The van der Waals surface area contributed by atoms with E-state index in [9.17, 15) is 13.2 Å². The van der Waals surface area contributed by atoms with Crippen LogP contribution < -0.4 is 0 Å². The second kappa shape index (κ2) is 6.17. The molecule has 6 heteroatoms. The van der Waals surface area contributed by atoms with Gasteiger partial charge in [0.15, 0.2) is 5.78 Å². The minimum absolute atomic E-state index is 0.0309. The van der Waals surface area contributed by atoms with Gasteiger partial charge in [0, 0.05) is 43.3 Å². The van der Waals surface area contributed by atoms with Gasteiger partial charge < -0.3 is 4.74 Å². The van der Waals surface area contributed by atoms with Crippen molar-refractivity contribution < 1.29 is 17.9 Å². The lowest BCUT2D eigenvalue weighted by atomic mass is 9.68. The fourth-order valence-electron chi connectivity index (χ4n) is 5.00. The molecule has 0 radical (unpaired) electrons. The second-order valence-electron chi connectivity index (χ2n) is 9.83. The van der Waals surface area contributed by atoms with Gasteiger partial charge in [-0.1, -0.05) is 31.5 Å². The van der Waals surface area contributed by atoms with Gasteiger partial charge in [-0.3, -0.25) is 4.79 Å². The third kappa shape index (κ3) is 3.11. The summed E-state index contributed by atoms with van der Waals surface area (Å²) in [6.07, 6.45) is 1.22. The topological polar surface area (TPSA) is 63.7 Å². The molecule has 0 spiro atoms. The van der Waals surface area contributed by atoms with E-state index in [1.54, 1.807) is 16.4 Å². The molecule has 2 heterocycles. The van der Waals surface area contributed by atoms with Gasteiger partial charge in [0.1, 0.15) is 11.4 Å². The quantitative estimate of drug-likeness (QED) is 0.756. The maximum Gasteiger partial charge on any atom is 0.243 e. The number of aryl methyl sites for hydroxylation is 1. The summed E-state index contributed by atoms with van der Waals surface area (Å²) in [5.41, 5.74) is 1.14. The lowest BCUT2D eigenvalue weighted by Gasteiger charge is -2.46. The number of ether oxygens (including phenoxy) is 1. The van der Waals surface area contributed by atoms with Gasteiger partial charge in [0.05, 0.1) is 4.90 Å². The number of allylic oxidation sites excluding steroid dienone is 1. The first kappa shape index (κ1) is 19.6. The van der Waals surface area contributed by atoms with Gasteiger partial charge in [-0.2, -0.15) is 4.31 Å². The Kier molecular flexibility index (Phi) is 4.33. The average Bonchev–Trinajstić information content (AvgIpc) is 3.00. The number of hydrogen-bond acceptors (Lipinski definition) is 4. The van der Waals surface area contributed by atoms with Crippen LogP contribution >= 0.6 is 0 Å². The molecule has 1 fully saturated rings. The Balaban J connectivity index is 1.71. The summed E-state index contributed by atoms with van der Waals surface area (Å²) in [6.45, 7) is 10.9. The summed E-state index contributed by atoms with van der Waals surface area (Å²) in [5, 5.41) is 0. The fraction of sp³-hybridized carbons (Fsp3) is 0.591. The highest BCUT2D eigenvalue weighted by molar-refractivity contribution is 7.89. The van der Waals surface area contributed by atoms with E-state index in [0.717, 1.165) is 23.3 Å². The van der Waals surface area contributed by atoms with E-state index in [4.69, 9.17) is 4.74 Å². The van der Waals surface area contributed by atoms with Crippen LogP contribution in [0.2, 0.25) is 0 Å². The van der Waals surface area contributed by atoms with Crippen LogP contribution in [0.1, 0.15) is 46.1 Å². The average molecular weight is 404 g/mol. The summed E-state index contributed by atoms with van der Waals surface area (Å²) in [7, 11) is -3.60. The first-order valence-electron chi connectivity index (χ1n) is 9.93. The molecular weight excluding hydrogens is 374 g/mol. The van der Waals surface area contributed by atoms with Crippen LogP contribution in [-0.4, -0.2) is 37.2 Å². The van der Waals surface area contributed by atoms with Crippen LogP contribution in [0.5, 0.6) is 0 Å². The van der Waals surface area contributed by atoms with E-state index in [-0.39, 0.29) is 23.0 Å². The van der Waals surface area contributed by atoms with E-state index in [0.29, 0.717) is 24.4 Å². The number of benzene rings is 1. The summed E-state index contributed by atoms with van der Waals surface area (Å²) in [4.78, 5) is 13.3. The van der Waals surface area contributed by atoms with Crippen molar-refractivity contribution in [2.45, 2.75) is 58.0 Å². The normalized spacial score (nSPS) is 29.2. The SMILES string of the molecule is Cc1ccc(S(=O)(=O)N2C[C@@H]3C4=C(CC(C)(C)CC4=O)OC(C)(C)[C@H]3C2)cc1. The summed E-state index contributed by atoms with van der Waals surface area (Å²) in [5.74, 6) is 0.771. The lowest BCUT2D eigenvalue weighted by molar-refractivity contribution is -0.123. The first-order valence-corrected chi connectivity index (χ1v) is 11.4. The molecule has 28 heavy (non-hydrogen) atoms. The maximum absolute atomic E-state index is 13.2. The minimum atomic E-state index is -3.60. The molecule has 0 amide bonds. The Morgan fingerprint density at radius 2 is 1.68 bits per heavy atom. The van der Waals surface area contributed by atoms with Gasteiger partial charge in [-0.05, 0) is 38.3 Å². The number of carbonyl (C=O) groups is 1. The number of Topliss-reactive ketones (excluding diaryl/α,β-unsaturated/α-hetero) is 1. The van der Waals surface area contributed by atoms with Crippen LogP contribution in [0.3, 0.4) is 0 Å². The van der Waals surface area contributed by atoms with Crippen molar-refractivity contribution in [3.8, 4) is 0 Å². The molecule has 0 N–H and O–H groups in total. The zero-order chi connectivity index (χ0) is 20.5. The van der Waals surface area contributed by atoms with Crippen molar-refractivity contribution in [1.29, 1.82) is 0 Å². The van der Waals surface area contributed by atoms with Crippen LogP contribution in [-0.2, 0) is 19.6 Å². The molecule has 1 aliphatic carbocycles. The number of fused-ring (bicyclic) bond motifs is 2. The highest BCUT2D eigenvalue weighted by Crippen LogP contribution is 2.51. The summed E-state index contributed by atoms with van der Waals surface area (Å²) < 4.78 is 34.3. The van der Waals surface area contributed by atoms with E-state index < -0.39 is 15.6 Å². The predicted molar refractivity (Wildman–Crippen MR) is 107 cm³/mol. The number of nitrogens with zero attached hydrogens (tertiary/aromatic N) is 1. The van der Waals surface area contributed by atoms with Crippen LogP contribution in [0.25, 0.3) is 0 Å².